The second-order valence-electron chi connectivity index (χ2n) is 2.00. The van der Waals surface area contributed by atoms with Crippen LogP contribution in [0.4, 0.5) is 0 Å². The minimum absolute atomic E-state index is 0. The molecule has 1 rings (SSSR count). The molecule has 1 aromatic carbocycles. The van der Waals surface area contributed by atoms with Crippen molar-refractivity contribution in [2.45, 2.75) is 0 Å². The van der Waals surface area contributed by atoms with Gasteiger partial charge < -0.3 is 4.74 Å². The van der Waals surface area contributed by atoms with Crippen molar-refractivity contribution in [2.75, 3.05) is 7.11 Å². The Morgan fingerprint density at radius 1 is 1.38 bits per heavy atom. The predicted molar refractivity (Wildman–Crippen MR) is 65.0 cm³/mol. The summed E-state index contributed by atoms with van der Waals surface area (Å²) in [6.07, 6.45) is 0. The Morgan fingerprint density at radius 3 is 2.46 bits per heavy atom. The molecular formula is C8H9Cl2IO2. The molecule has 0 amide bonds. The van der Waals surface area contributed by atoms with Gasteiger partial charge >= 0.3 is 5.97 Å². The first-order valence-corrected chi connectivity index (χ1v) is 4.16. The lowest BCUT2D eigenvalue weighted by molar-refractivity contribution is 0.0600. The van der Waals surface area contributed by atoms with Gasteiger partial charge in [-0.25, -0.2) is 4.79 Å². The highest BCUT2D eigenvalue weighted by Crippen LogP contribution is 2.08. The summed E-state index contributed by atoms with van der Waals surface area (Å²) < 4.78 is 5.58. The maximum Gasteiger partial charge on any atom is 0.337 e. The molecule has 1 aromatic rings. The molecule has 0 atom stereocenters. The predicted octanol–water partition coefficient (Wildman–Crippen LogP) is 2.92. The first-order chi connectivity index (χ1) is 5.24. The third-order valence-electron chi connectivity index (χ3n) is 1.25. The van der Waals surface area contributed by atoms with Gasteiger partial charge in [0.2, 0.25) is 0 Å². The molecule has 0 saturated carbocycles. The molecule has 0 spiro atoms. The summed E-state index contributed by atoms with van der Waals surface area (Å²) in [5.74, 6) is -0.288. The maximum absolute atomic E-state index is 10.9. The average Bonchev–Trinajstić information content (AvgIpc) is 2.03. The fourth-order valence-corrected chi connectivity index (χ4v) is 1.28. The summed E-state index contributed by atoms with van der Waals surface area (Å²) in [7, 11) is 1.38. The monoisotopic (exact) mass is 334 g/mol. The molecule has 0 bridgehead atoms. The normalized spacial score (nSPS) is 7.85. The number of benzene rings is 1. The van der Waals surface area contributed by atoms with E-state index < -0.39 is 0 Å². The second kappa shape index (κ2) is 7.41. The summed E-state index contributed by atoms with van der Waals surface area (Å²) in [6, 6.07) is 7.27. The zero-order valence-electron chi connectivity index (χ0n) is 6.82. The Kier molecular flexibility index (Phi) is 8.82. The fourth-order valence-electron chi connectivity index (χ4n) is 0.733. The average molecular weight is 335 g/mol. The lowest BCUT2D eigenvalue weighted by Crippen LogP contribution is -2.00. The van der Waals surface area contributed by atoms with Crippen molar-refractivity contribution in [1.29, 1.82) is 0 Å². The van der Waals surface area contributed by atoms with E-state index in [9.17, 15) is 4.79 Å². The van der Waals surface area contributed by atoms with Crippen molar-refractivity contribution < 1.29 is 9.53 Å². The van der Waals surface area contributed by atoms with Crippen molar-refractivity contribution in [3.05, 3.63) is 33.4 Å². The summed E-state index contributed by atoms with van der Waals surface area (Å²) in [5.41, 5.74) is 0.597. The first-order valence-electron chi connectivity index (χ1n) is 3.08. The minimum atomic E-state index is -0.288. The number of hydrogen-bond donors (Lipinski definition) is 0. The number of ether oxygens (including phenoxy) is 1. The Bertz CT molecular complexity index is 279. The zero-order valence-corrected chi connectivity index (χ0v) is 10.6. The van der Waals surface area contributed by atoms with Gasteiger partial charge in [0.1, 0.15) is 0 Å². The molecular weight excluding hydrogens is 326 g/mol. The number of carbonyl (C=O) groups excluding carboxylic acids is 1. The highest BCUT2D eigenvalue weighted by molar-refractivity contribution is 14.1. The number of hydrogen-bond acceptors (Lipinski definition) is 2. The van der Waals surface area contributed by atoms with Crippen LogP contribution in [0.2, 0.25) is 0 Å². The molecule has 0 aromatic heterocycles. The first kappa shape index (κ1) is 15.5. The van der Waals surface area contributed by atoms with E-state index in [1.807, 2.05) is 12.1 Å². The van der Waals surface area contributed by atoms with Crippen LogP contribution in [0.3, 0.4) is 0 Å². The van der Waals surface area contributed by atoms with E-state index in [2.05, 4.69) is 27.3 Å². The van der Waals surface area contributed by atoms with E-state index in [1.54, 1.807) is 12.1 Å². The third-order valence-corrected chi connectivity index (χ3v) is 1.92. The Hall–Kier alpha value is -0.000000000000000222. The number of carbonyl (C=O) groups is 1. The van der Waals surface area contributed by atoms with E-state index in [4.69, 9.17) is 0 Å². The molecule has 0 unspecified atom stereocenters. The van der Waals surface area contributed by atoms with Crippen LogP contribution >= 0.6 is 47.4 Å². The van der Waals surface area contributed by atoms with Gasteiger partial charge in [0.05, 0.1) is 12.7 Å². The standard InChI is InChI=1S/C8H7IO2.2ClH/c1-11-8(10)6-3-2-4-7(9)5-6;;/h2-5H,1H3;2*1H. The summed E-state index contributed by atoms with van der Waals surface area (Å²) in [5, 5.41) is 0. The lowest BCUT2D eigenvalue weighted by atomic mass is 10.2. The van der Waals surface area contributed by atoms with Gasteiger partial charge in [-0.15, -0.1) is 24.8 Å². The van der Waals surface area contributed by atoms with Gasteiger partial charge in [0, 0.05) is 3.57 Å². The van der Waals surface area contributed by atoms with E-state index >= 15 is 0 Å². The van der Waals surface area contributed by atoms with Crippen LogP contribution in [0.15, 0.2) is 24.3 Å². The number of esters is 1. The number of rotatable bonds is 1. The Morgan fingerprint density at radius 2 is 2.00 bits per heavy atom. The molecule has 0 fully saturated rings. The van der Waals surface area contributed by atoms with Crippen molar-refractivity contribution in [2.24, 2.45) is 0 Å². The van der Waals surface area contributed by atoms with Crippen LogP contribution in [-0.4, -0.2) is 13.1 Å². The minimum Gasteiger partial charge on any atom is -0.465 e. The quantitative estimate of drug-likeness (QED) is 0.583. The lowest BCUT2D eigenvalue weighted by Gasteiger charge is -1.97. The highest BCUT2D eigenvalue weighted by atomic mass is 127. The molecule has 0 N–H and O–H groups in total. The van der Waals surface area contributed by atoms with Crippen LogP contribution in [-0.2, 0) is 4.74 Å². The molecule has 0 radical (unpaired) electrons. The van der Waals surface area contributed by atoms with Crippen LogP contribution in [0.25, 0.3) is 0 Å². The van der Waals surface area contributed by atoms with Gasteiger partial charge in [0.25, 0.3) is 0 Å². The summed E-state index contributed by atoms with van der Waals surface area (Å²) >= 11 is 2.15. The van der Waals surface area contributed by atoms with Crippen LogP contribution in [0, 0.1) is 3.57 Å². The van der Waals surface area contributed by atoms with Crippen molar-refractivity contribution >= 4 is 53.4 Å². The maximum atomic E-state index is 10.9. The topological polar surface area (TPSA) is 26.3 Å². The molecule has 0 aliphatic rings. The van der Waals surface area contributed by atoms with E-state index in [0.29, 0.717) is 5.56 Å². The summed E-state index contributed by atoms with van der Waals surface area (Å²) in [4.78, 5) is 10.9. The zero-order chi connectivity index (χ0) is 8.27. The van der Waals surface area contributed by atoms with Crippen LogP contribution in [0.5, 0.6) is 0 Å². The van der Waals surface area contributed by atoms with Crippen molar-refractivity contribution in [3.8, 4) is 0 Å². The highest BCUT2D eigenvalue weighted by Gasteiger charge is 2.03. The Labute approximate surface area is 103 Å². The van der Waals surface area contributed by atoms with E-state index in [1.165, 1.54) is 7.11 Å². The molecule has 0 aliphatic carbocycles. The SMILES string of the molecule is COC(=O)c1cccc(I)c1.Cl.Cl. The second-order valence-corrected chi connectivity index (χ2v) is 3.25. The van der Waals surface area contributed by atoms with Gasteiger partial charge in [-0.05, 0) is 40.8 Å². The fraction of sp³-hybridized carbons (Fsp3) is 0.125. The van der Waals surface area contributed by atoms with Crippen LogP contribution in [0.1, 0.15) is 10.4 Å². The van der Waals surface area contributed by atoms with Gasteiger partial charge in [-0.3, -0.25) is 0 Å². The Balaban J connectivity index is 0. The van der Waals surface area contributed by atoms with Crippen molar-refractivity contribution in [1.82, 2.24) is 0 Å². The van der Waals surface area contributed by atoms with Gasteiger partial charge in [0.15, 0.2) is 0 Å². The molecule has 2 nitrogen and oxygen atoms in total. The molecule has 74 valence electrons. The van der Waals surface area contributed by atoms with Crippen molar-refractivity contribution in [3.63, 3.8) is 0 Å². The van der Waals surface area contributed by atoms with E-state index in [0.717, 1.165) is 3.57 Å². The van der Waals surface area contributed by atoms with Gasteiger partial charge in [-0.1, -0.05) is 6.07 Å². The van der Waals surface area contributed by atoms with E-state index in [-0.39, 0.29) is 30.8 Å². The van der Waals surface area contributed by atoms with Crippen LogP contribution < -0.4 is 0 Å². The molecule has 0 heterocycles. The van der Waals surface area contributed by atoms with Gasteiger partial charge in [-0.2, -0.15) is 0 Å². The number of methoxy groups -OCH3 is 1. The molecule has 0 aliphatic heterocycles. The molecule has 0 saturated heterocycles. The molecule has 5 heteroatoms. The third kappa shape index (κ3) is 4.69. The summed E-state index contributed by atoms with van der Waals surface area (Å²) in [6.45, 7) is 0. The largest absolute Gasteiger partial charge is 0.465 e. The number of halogens is 3. The molecule has 13 heavy (non-hydrogen) atoms. The smallest absolute Gasteiger partial charge is 0.337 e.